The number of carbonyl (C=O) groups is 1. The lowest BCUT2D eigenvalue weighted by Gasteiger charge is -2.23. The van der Waals surface area contributed by atoms with Crippen LogP contribution in [0.4, 0.5) is 4.39 Å². The molecule has 1 aromatic heterocycles. The molecule has 0 bridgehead atoms. The van der Waals surface area contributed by atoms with Crippen LogP contribution in [0.1, 0.15) is 37.5 Å². The van der Waals surface area contributed by atoms with E-state index < -0.39 is 0 Å². The largest absolute Gasteiger partial charge is 0.340 e. The first kappa shape index (κ1) is 34.0. The topological polar surface area (TPSA) is 58.4 Å². The summed E-state index contributed by atoms with van der Waals surface area (Å²) >= 11 is 7.40. The summed E-state index contributed by atoms with van der Waals surface area (Å²) in [6.07, 6.45) is 3.45. The third kappa shape index (κ3) is 11.0. The van der Waals surface area contributed by atoms with Crippen LogP contribution in [-0.4, -0.2) is 51.9 Å². The summed E-state index contributed by atoms with van der Waals surface area (Å²) in [5.41, 5.74) is 4.98. The first-order chi connectivity index (χ1) is 20.8. The van der Waals surface area contributed by atoms with E-state index in [0.29, 0.717) is 29.4 Å². The zero-order valence-corrected chi connectivity index (χ0v) is 26.9. The van der Waals surface area contributed by atoms with Gasteiger partial charge in [0.25, 0.3) is 5.56 Å². The molecule has 0 atom stereocenters. The number of benzene rings is 3. The molecule has 1 amide bonds. The standard InChI is InChI=1S/C20H25ClN2O.C14H15FN2OS/c1-3-22(4-2)13-14-23(16-24)15-17-5-7-18(8-6-17)19-9-11-20(21)12-10-19;1-3-11-8-17(2)14(16-13(11)18)19-9-10-4-6-12(15)7-5-10/h5-12,16H,3-4,13-15H2,1-2H3;4-8H,3,9H2,1-2H3. The fraction of sp³-hybridized carbons (Fsp3) is 0.324. The number of carbonyl (C=O) groups excluding carboxylic acids is 1. The molecule has 9 heteroatoms. The number of hydrogen-bond donors (Lipinski definition) is 0. The third-order valence-corrected chi connectivity index (χ3v) is 8.42. The predicted molar refractivity (Wildman–Crippen MR) is 176 cm³/mol. The second kappa shape index (κ2) is 17.6. The van der Waals surface area contributed by atoms with Gasteiger partial charge in [-0.15, -0.1) is 0 Å². The van der Waals surface area contributed by atoms with E-state index in [1.165, 1.54) is 23.9 Å². The predicted octanol–water partition coefficient (Wildman–Crippen LogP) is 7.08. The van der Waals surface area contributed by atoms with E-state index in [1.54, 1.807) is 12.1 Å². The second-order valence-corrected chi connectivity index (χ2v) is 11.4. The van der Waals surface area contributed by atoms with Crippen LogP contribution in [0, 0.1) is 5.82 Å². The summed E-state index contributed by atoms with van der Waals surface area (Å²) in [5.74, 6) is 0.415. The van der Waals surface area contributed by atoms with Crippen LogP contribution in [0.2, 0.25) is 5.02 Å². The Morgan fingerprint density at radius 1 is 0.884 bits per heavy atom. The van der Waals surface area contributed by atoms with Gasteiger partial charge in [0.15, 0.2) is 5.16 Å². The molecule has 0 radical (unpaired) electrons. The number of rotatable bonds is 13. The second-order valence-electron chi connectivity index (χ2n) is 10.0. The Morgan fingerprint density at radius 2 is 1.47 bits per heavy atom. The average Bonchev–Trinajstić information content (AvgIpc) is 3.03. The first-order valence-electron chi connectivity index (χ1n) is 14.5. The van der Waals surface area contributed by atoms with Crippen LogP contribution in [0.5, 0.6) is 0 Å². The van der Waals surface area contributed by atoms with Gasteiger partial charge < -0.3 is 14.4 Å². The summed E-state index contributed by atoms with van der Waals surface area (Å²) in [7, 11) is 1.87. The summed E-state index contributed by atoms with van der Waals surface area (Å²) in [5, 5.41) is 1.41. The number of thioether (sulfide) groups is 1. The molecule has 0 fully saturated rings. The molecule has 3 aromatic carbocycles. The molecular weight excluding hydrogens is 583 g/mol. The lowest BCUT2D eigenvalue weighted by molar-refractivity contribution is -0.118. The summed E-state index contributed by atoms with van der Waals surface area (Å²) in [6, 6.07) is 22.5. The third-order valence-electron chi connectivity index (χ3n) is 7.05. The van der Waals surface area contributed by atoms with Gasteiger partial charge in [-0.05, 0) is 66.0 Å². The monoisotopic (exact) mass is 622 g/mol. The van der Waals surface area contributed by atoms with Crippen molar-refractivity contribution in [1.29, 1.82) is 0 Å². The van der Waals surface area contributed by atoms with Gasteiger partial charge in [0.05, 0.1) is 0 Å². The van der Waals surface area contributed by atoms with E-state index in [4.69, 9.17) is 11.6 Å². The molecule has 0 unspecified atom stereocenters. The van der Waals surface area contributed by atoms with E-state index in [9.17, 15) is 14.0 Å². The molecule has 4 rings (SSSR count). The van der Waals surface area contributed by atoms with Gasteiger partial charge in [-0.1, -0.05) is 92.7 Å². The van der Waals surface area contributed by atoms with E-state index in [1.807, 2.05) is 53.9 Å². The molecule has 0 saturated carbocycles. The van der Waals surface area contributed by atoms with Crippen LogP contribution in [0.15, 0.2) is 88.9 Å². The lowest BCUT2D eigenvalue weighted by Crippen LogP contribution is -2.34. The van der Waals surface area contributed by atoms with Crippen LogP contribution >= 0.6 is 23.4 Å². The smallest absolute Gasteiger partial charge is 0.276 e. The summed E-state index contributed by atoms with van der Waals surface area (Å²) in [6.45, 7) is 10.6. The van der Waals surface area contributed by atoms with Crippen molar-refractivity contribution in [1.82, 2.24) is 19.4 Å². The molecule has 0 saturated heterocycles. The van der Waals surface area contributed by atoms with Gasteiger partial charge in [0.2, 0.25) is 6.41 Å². The van der Waals surface area contributed by atoms with Gasteiger partial charge in [0.1, 0.15) is 5.82 Å². The minimum absolute atomic E-state index is 0.165. The fourth-order valence-electron chi connectivity index (χ4n) is 4.35. The molecule has 228 valence electrons. The van der Waals surface area contributed by atoms with Crippen molar-refractivity contribution in [2.24, 2.45) is 7.05 Å². The Morgan fingerprint density at radius 3 is 2.02 bits per heavy atom. The van der Waals surface area contributed by atoms with E-state index in [-0.39, 0.29) is 11.4 Å². The van der Waals surface area contributed by atoms with Crippen LogP contribution in [-0.2, 0) is 30.6 Å². The Kier molecular flexibility index (Phi) is 13.9. The molecule has 1 heterocycles. The van der Waals surface area contributed by atoms with Crippen molar-refractivity contribution in [3.8, 4) is 11.1 Å². The first-order valence-corrected chi connectivity index (χ1v) is 15.8. The zero-order chi connectivity index (χ0) is 31.2. The van der Waals surface area contributed by atoms with Crippen molar-refractivity contribution in [3.63, 3.8) is 0 Å². The maximum absolute atomic E-state index is 12.8. The number of aromatic nitrogens is 2. The van der Waals surface area contributed by atoms with E-state index in [0.717, 1.165) is 59.9 Å². The molecule has 0 aliphatic heterocycles. The van der Waals surface area contributed by atoms with Crippen LogP contribution in [0.3, 0.4) is 0 Å². The molecule has 43 heavy (non-hydrogen) atoms. The number of amides is 1. The minimum Gasteiger partial charge on any atom is -0.340 e. The van der Waals surface area contributed by atoms with E-state index in [2.05, 4.69) is 48.0 Å². The van der Waals surface area contributed by atoms with Crippen molar-refractivity contribution in [2.75, 3.05) is 26.2 Å². The maximum atomic E-state index is 12.8. The van der Waals surface area contributed by atoms with Gasteiger partial charge in [-0.25, -0.2) is 4.39 Å². The fourth-order valence-corrected chi connectivity index (χ4v) is 5.36. The Hall–Kier alpha value is -3.46. The SMILES string of the molecule is CCN(CC)CCN(C=O)Cc1ccc(-c2ccc(Cl)cc2)cc1.CCc1cn(C)c(SCc2ccc(F)cc2)nc1=O. The van der Waals surface area contributed by atoms with Crippen molar-refractivity contribution < 1.29 is 9.18 Å². The van der Waals surface area contributed by atoms with Gasteiger partial charge in [-0.2, -0.15) is 4.98 Å². The average molecular weight is 623 g/mol. The van der Waals surface area contributed by atoms with E-state index >= 15 is 0 Å². The molecule has 0 N–H and O–H groups in total. The summed E-state index contributed by atoms with van der Waals surface area (Å²) < 4.78 is 14.6. The van der Waals surface area contributed by atoms with Gasteiger partial charge in [0, 0.05) is 49.2 Å². The quantitative estimate of drug-likeness (QED) is 0.0906. The maximum Gasteiger partial charge on any atom is 0.276 e. The molecule has 0 spiro atoms. The highest BCUT2D eigenvalue weighted by Gasteiger charge is 2.08. The van der Waals surface area contributed by atoms with Gasteiger partial charge in [-0.3, -0.25) is 9.59 Å². The molecule has 6 nitrogen and oxygen atoms in total. The highest BCUT2D eigenvalue weighted by atomic mass is 35.5. The van der Waals surface area contributed by atoms with Crippen LogP contribution < -0.4 is 5.56 Å². The highest BCUT2D eigenvalue weighted by Crippen LogP contribution is 2.22. The number of halogens is 2. The Bertz CT molecular complexity index is 1470. The lowest BCUT2D eigenvalue weighted by atomic mass is 10.0. The minimum atomic E-state index is -0.244. The van der Waals surface area contributed by atoms with Crippen LogP contribution in [0.25, 0.3) is 11.1 Å². The zero-order valence-electron chi connectivity index (χ0n) is 25.3. The van der Waals surface area contributed by atoms with Gasteiger partial charge >= 0.3 is 0 Å². The normalized spacial score (nSPS) is 10.8. The molecule has 4 aromatic rings. The van der Waals surface area contributed by atoms with Crippen molar-refractivity contribution in [2.45, 2.75) is 44.6 Å². The number of likely N-dealkylation sites (N-methyl/N-ethyl adjacent to an activating group) is 1. The van der Waals surface area contributed by atoms with Crippen molar-refractivity contribution in [3.05, 3.63) is 117 Å². The molecular formula is C34H40ClFN4O2S. The number of aryl methyl sites for hydroxylation is 2. The van der Waals surface area contributed by atoms with Crippen molar-refractivity contribution >= 4 is 29.8 Å². The molecule has 0 aliphatic rings. The molecule has 0 aliphatic carbocycles. The Balaban J connectivity index is 0.000000242. The number of nitrogens with zero attached hydrogens (tertiary/aromatic N) is 4. The highest BCUT2D eigenvalue weighted by molar-refractivity contribution is 7.98. The number of hydrogen-bond acceptors (Lipinski definition) is 5. The summed E-state index contributed by atoms with van der Waals surface area (Å²) in [4.78, 5) is 31.2. The Labute approximate surface area is 263 Å².